The summed E-state index contributed by atoms with van der Waals surface area (Å²) in [6.07, 6.45) is 1.40. The normalized spacial score (nSPS) is 11.1. The molecular weight excluding hydrogens is 503 g/mol. The van der Waals surface area contributed by atoms with Crippen molar-refractivity contribution in [1.82, 2.24) is 30.2 Å². The van der Waals surface area contributed by atoms with E-state index in [1.165, 1.54) is 0 Å². The van der Waals surface area contributed by atoms with Crippen LogP contribution >= 0.6 is 34.8 Å². The number of nitrogens with one attached hydrogen (secondary N) is 1. The highest BCUT2D eigenvalue weighted by Gasteiger charge is 2.20. The van der Waals surface area contributed by atoms with Crippen LogP contribution in [-0.2, 0) is 19.6 Å². The van der Waals surface area contributed by atoms with Crippen LogP contribution in [0.25, 0.3) is 11.4 Å². The van der Waals surface area contributed by atoms with Gasteiger partial charge in [0, 0.05) is 17.5 Å². The number of imidazole rings is 1. The minimum Gasteiger partial charge on any atom is -0.487 e. The van der Waals surface area contributed by atoms with Gasteiger partial charge in [0.15, 0.2) is 5.69 Å². The van der Waals surface area contributed by atoms with Crippen molar-refractivity contribution >= 4 is 40.8 Å². The van der Waals surface area contributed by atoms with E-state index in [0.29, 0.717) is 46.0 Å². The second kappa shape index (κ2) is 10.4. The van der Waals surface area contributed by atoms with Gasteiger partial charge < -0.3 is 14.4 Å². The molecule has 0 bridgehead atoms. The summed E-state index contributed by atoms with van der Waals surface area (Å²) >= 11 is 19.3. The molecule has 12 heteroatoms. The molecule has 0 atom stereocenters. The minimum absolute atomic E-state index is 0.0866. The van der Waals surface area contributed by atoms with Crippen molar-refractivity contribution in [3.8, 4) is 17.1 Å². The van der Waals surface area contributed by atoms with Gasteiger partial charge in [0.1, 0.15) is 23.3 Å². The number of benzene rings is 2. The van der Waals surface area contributed by atoms with Gasteiger partial charge >= 0.3 is 5.97 Å². The first-order valence-corrected chi connectivity index (χ1v) is 11.4. The van der Waals surface area contributed by atoms with Gasteiger partial charge in [-0.2, -0.15) is 5.21 Å². The topological polar surface area (TPSA) is 119 Å². The molecule has 4 aromatic rings. The van der Waals surface area contributed by atoms with Crippen LogP contribution in [0.2, 0.25) is 15.2 Å². The SMILES string of the molecule is CCCc1nc(C(=O)O)c(Cl)n1Cc1ccc(OCc2cccc(-c3nn[nH]n3)c2Cl)c(Cl)c1. The monoisotopic (exact) mass is 520 g/mol. The summed E-state index contributed by atoms with van der Waals surface area (Å²) < 4.78 is 7.58. The molecule has 9 nitrogen and oxygen atoms in total. The van der Waals surface area contributed by atoms with Crippen LogP contribution in [0.1, 0.15) is 40.8 Å². The number of hydrogen-bond acceptors (Lipinski definition) is 6. The minimum atomic E-state index is -1.16. The van der Waals surface area contributed by atoms with E-state index < -0.39 is 5.97 Å². The van der Waals surface area contributed by atoms with Crippen LogP contribution in [0.15, 0.2) is 36.4 Å². The molecule has 0 radical (unpaired) electrons. The van der Waals surface area contributed by atoms with Gasteiger partial charge in [0.25, 0.3) is 0 Å². The molecule has 2 aromatic heterocycles. The lowest BCUT2D eigenvalue weighted by atomic mass is 10.1. The summed E-state index contributed by atoms with van der Waals surface area (Å²) in [5, 5.41) is 24.2. The number of aryl methyl sites for hydroxylation is 1. The molecule has 0 saturated carbocycles. The molecule has 0 amide bonds. The van der Waals surface area contributed by atoms with Crippen LogP contribution in [0.5, 0.6) is 5.75 Å². The fraction of sp³-hybridized carbons (Fsp3) is 0.227. The molecule has 0 unspecified atom stereocenters. The quantitative estimate of drug-likeness (QED) is 0.307. The molecule has 4 rings (SSSR count). The molecule has 0 aliphatic rings. The van der Waals surface area contributed by atoms with Crippen molar-refractivity contribution in [2.75, 3.05) is 0 Å². The number of nitrogens with zero attached hydrogens (tertiary/aromatic N) is 5. The summed E-state index contributed by atoms with van der Waals surface area (Å²) in [4.78, 5) is 15.6. The third-order valence-electron chi connectivity index (χ3n) is 5.05. The molecule has 0 fully saturated rings. The van der Waals surface area contributed by atoms with Gasteiger partial charge in [-0.25, -0.2) is 9.78 Å². The maximum atomic E-state index is 11.4. The summed E-state index contributed by atoms with van der Waals surface area (Å²) in [7, 11) is 0. The largest absolute Gasteiger partial charge is 0.487 e. The standard InChI is InChI=1S/C22H19Cl3N6O3/c1-2-4-17-26-19(22(32)33)20(25)31(17)10-12-7-8-16(15(23)9-12)34-11-13-5-3-6-14(18(13)24)21-27-29-30-28-21/h3,5-9H,2,4,10-11H2,1H3,(H,32,33)(H,27,28,29,30). The van der Waals surface area contributed by atoms with Crippen LogP contribution < -0.4 is 4.74 Å². The Morgan fingerprint density at radius 2 is 2.03 bits per heavy atom. The summed E-state index contributed by atoms with van der Waals surface area (Å²) in [6.45, 7) is 2.49. The predicted molar refractivity (Wildman–Crippen MR) is 128 cm³/mol. The molecule has 2 aromatic carbocycles. The van der Waals surface area contributed by atoms with E-state index in [9.17, 15) is 9.90 Å². The van der Waals surface area contributed by atoms with Crippen LogP contribution in [0, 0.1) is 0 Å². The third-order valence-corrected chi connectivity index (χ3v) is 6.17. The lowest BCUT2D eigenvalue weighted by molar-refractivity contribution is 0.0691. The Balaban J connectivity index is 1.51. The zero-order valence-corrected chi connectivity index (χ0v) is 20.2. The van der Waals surface area contributed by atoms with Gasteiger partial charge in [-0.15, -0.1) is 10.2 Å². The molecular formula is C22H19Cl3N6O3. The summed E-state index contributed by atoms with van der Waals surface area (Å²) in [5.74, 6) is 0.312. The highest BCUT2D eigenvalue weighted by molar-refractivity contribution is 6.34. The fourth-order valence-electron chi connectivity index (χ4n) is 3.43. The Labute approximate surface area is 209 Å². The molecule has 0 aliphatic carbocycles. The Bertz CT molecular complexity index is 1320. The number of H-pyrrole nitrogens is 1. The van der Waals surface area contributed by atoms with Crippen molar-refractivity contribution in [3.05, 3.63) is 74.2 Å². The first-order chi connectivity index (χ1) is 16.4. The van der Waals surface area contributed by atoms with E-state index in [1.807, 2.05) is 25.1 Å². The summed E-state index contributed by atoms with van der Waals surface area (Å²) in [5.41, 5.74) is 2.04. The second-order valence-electron chi connectivity index (χ2n) is 7.38. The predicted octanol–water partition coefficient (Wildman–Crippen LogP) is 5.30. The number of aromatic nitrogens is 6. The third kappa shape index (κ3) is 5.01. The fourth-order valence-corrected chi connectivity index (χ4v) is 4.23. The highest BCUT2D eigenvalue weighted by Crippen LogP contribution is 2.31. The van der Waals surface area contributed by atoms with Crippen molar-refractivity contribution in [2.45, 2.75) is 32.9 Å². The van der Waals surface area contributed by atoms with Gasteiger partial charge in [-0.3, -0.25) is 0 Å². The van der Waals surface area contributed by atoms with Gasteiger partial charge in [0.05, 0.1) is 16.6 Å². The molecule has 176 valence electrons. The number of carboxylic acids is 1. The van der Waals surface area contributed by atoms with Gasteiger partial charge in [-0.1, -0.05) is 59.9 Å². The Morgan fingerprint density at radius 3 is 2.71 bits per heavy atom. The zero-order chi connectivity index (χ0) is 24.2. The Kier molecular flexibility index (Phi) is 7.35. The van der Waals surface area contributed by atoms with Gasteiger partial charge in [-0.05, 0) is 35.4 Å². The molecule has 0 aliphatic heterocycles. The van der Waals surface area contributed by atoms with E-state index >= 15 is 0 Å². The number of carbonyl (C=O) groups is 1. The number of halogens is 3. The van der Waals surface area contributed by atoms with E-state index in [-0.39, 0.29) is 17.5 Å². The Hall–Kier alpha value is -3.14. The molecule has 0 spiro atoms. The maximum absolute atomic E-state index is 11.4. The average Bonchev–Trinajstić information content (AvgIpc) is 3.44. The smallest absolute Gasteiger partial charge is 0.357 e. The number of ether oxygens (including phenoxy) is 1. The van der Waals surface area contributed by atoms with E-state index in [2.05, 4.69) is 25.6 Å². The number of aromatic carboxylic acids is 1. The van der Waals surface area contributed by atoms with Gasteiger partial charge in [0.2, 0.25) is 5.82 Å². The molecule has 0 saturated heterocycles. The zero-order valence-electron chi connectivity index (χ0n) is 17.9. The second-order valence-corrected chi connectivity index (χ2v) is 8.52. The van der Waals surface area contributed by atoms with Crippen molar-refractivity contribution in [1.29, 1.82) is 0 Å². The van der Waals surface area contributed by atoms with Crippen LogP contribution in [-0.4, -0.2) is 41.3 Å². The van der Waals surface area contributed by atoms with Crippen LogP contribution in [0.3, 0.4) is 0 Å². The molecule has 2 N–H and O–H groups in total. The van der Waals surface area contributed by atoms with Crippen molar-refractivity contribution < 1.29 is 14.6 Å². The number of hydrogen-bond donors (Lipinski definition) is 2. The average molecular weight is 522 g/mol. The molecule has 34 heavy (non-hydrogen) atoms. The lowest BCUT2D eigenvalue weighted by Crippen LogP contribution is -2.06. The number of carboxylic acid groups (broad SMARTS) is 1. The van der Waals surface area contributed by atoms with Crippen molar-refractivity contribution in [2.24, 2.45) is 0 Å². The lowest BCUT2D eigenvalue weighted by Gasteiger charge is -2.13. The maximum Gasteiger partial charge on any atom is 0.357 e. The first kappa shape index (κ1) is 24.0. The first-order valence-electron chi connectivity index (χ1n) is 10.3. The highest BCUT2D eigenvalue weighted by atomic mass is 35.5. The Morgan fingerprint density at radius 1 is 1.21 bits per heavy atom. The number of tetrazole rings is 1. The van der Waals surface area contributed by atoms with Crippen LogP contribution in [0.4, 0.5) is 0 Å². The van der Waals surface area contributed by atoms with E-state index in [4.69, 9.17) is 39.5 Å². The summed E-state index contributed by atoms with van der Waals surface area (Å²) in [6, 6.07) is 10.8. The van der Waals surface area contributed by atoms with Crippen molar-refractivity contribution in [3.63, 3.8) is 0 Å². The number of rotatable bonds is 9. The molecule has 2 heterocycles. The van der Waals surface area contributed by atoms with E-state index in [1.54, 1.807) is 22.8 Å². The van der Waals surface area contributed by atoms with E-state index in [0.717, 1.165) is 17.5 Å². The number of aromatic amines is 1.